The van der Waals surface area contributed by atoms with E-state index in [2.05, 4.69) is 10.2 Å². The summed E-state index contributed by atoms with van der Waals surface area (Å²) in [6, 6.07) is 8.20. The van der Waals surface area contributed by atoms with Crippen LogP contribution in [0.3, 0.4) is 0 Å². The van der Waals surface area contributed by atoms with Crippen LogP contribution in [-0.2, 0) is 0 Å². The third-order valence-corrected chi connectivity index (χ3v) is 5.39. The van der Waals surface area contributed by atoms with E-state index >= 15 is 0 Å². The standard InChI is InChI=1S/C20H29N3O2/c1-16(24)17-8-10-19(11-9-17)22-12-14-23(15-13-22)20(25)21-18-6-4-2-3-5-7-18/h8-11,18H,2-7,12-15H2,1H3,(H,21,25). The molecule has 0 atom stereocenters. The monoisotopic (exact) mass is 343 g/mol. The van der Waals surface area contributed by atoms with Gasteiger partial charge < -0.3 is 15.1 Å². The normalized spacial score (nSPS) is 19.4. The molecule has 1 saturated carbocycles. The van der Waals surface area contributed by atoms with Crippen molar-refractivity contribution in [3.8, 4) is 0 Å². The van der Waals surface area contributed by atoms with Gasteiger partial charge in [0.1, 0.15) is 0 Å². The Balaban J connectivity index is 1.49. The average Bonchev–Trinajstić information content (AvgIpc) is 2.90. The van der Waals surface area contributed by atoms with Gasteiger partial charge in [-0.3, -0.25) is 4.79 Å². The van der Waals surface area contributed by atoms with Crippen LogP contribution in [-0.4, -0.2) is 48.9 Å². The lowest BCUT2D eigenvalue weighted by molar-refractivity contribution is 0.101. The lowest BCUT2D eigenvalue weighted by Gasteiger charge is -2.36. The summed E-state index contributed by atoms with van der Waals surface area (Å²) in [7, 11) is 0. The molecule has 1 aromatic rings. The number of carbonyl (C=O) groups excluding carboxylic acids is 2. The molecule has 1 aliphatic heterocycles. The molecule has 0 bridgehead atoms. The highest BCUT2D eigenvalue weighted by molar-refractivity contribution is 5.94. The Bertz CT molecular complexity index is 583. The summed E-state index contributed by atoms with van der Waals surface area (Å²) in [5.41, 5.74) is 1.86. The number of rotatable bonds is 3. The highest BCUT2D eigenvalue weighted by atomic mass is 16.2. The number of Topliss-reactive ketones (excluding diaryl/α,β-unsaturated/α-hetero) is 1. The fourth-order valence-corrected chi connectivity index (χ4v) is 3.76. The number of carbonyl (C=O) groups is 2. The summed E-state index contributed by atoms with van der Waals surface area (Å²) >= 11 is 0. The number of hydrogen-bond donors (Lipinski definition) is 1. The second-order valence-electron chi connectivity index (χ2n) is 7.22. The third kappa shape index (κ3) is 4.74. The van der Waals surface area contributed by atoms with Crippen LogP contribution in [0.4, 0.5) is 10.5 Å². The van der Waals surface area contributed by atoms with Crippen LogP contribution in [0.2, 0.25) is 0 Å². The summed E-state index contributed by atoms with van der Waals surface area (Å²) in [6.45, 7) is 4.73. The molecule has 2 fully saturated rings. The lowest BCUT2D eigenvalue weighted by Crippen LogP contribution is -2.53. The topological polar surface area (TPSA) is 52.7 Å². The summed E-state index contributed by atoms with van der Waals surface area (Å²) in [6.07, 6.45) is 7.30. The number of urea groups is 1. The number of amides is 2. The molecule has 1 saturated heterocycles. The van der Waals surface area contributed by atoms with E-state index in [0.29, 0.717) is 6.04 Å². The van der Waals surface area contributed by atoms with E-state index in [1.807, 2.05) is 29.2 Å². The summed E-state index contributed by atoms with van der Waals surface area (Å²) < 4.78 is 0. The maximum atomic E-state index is 12.5. The molecule has 0 unspecified atom stereocenters. The highest BCUT2D eigenvalue weighted by Crippen LogP contribution is 2.19. The van der Waals surface area contributed by atoms with E-state index in [0.717, 1.165) is 50.3 Å². The molecule has 136 valence electrons. The van der Waals surface area contributed by atoms with Crippen LogP contribution in [0.5, 0.6) is 0 Å². The molecule has 1 aromatic carbocycles. The molecule has 0 spiro atoms. The van der Waals surface area contributed by atoms with E-state index in [1.54, 1.807) is 6.92 Å². The second-order valence-corrected chi connectivity index (χ2v) is 7.22. The van der Waals surface area contributed by atoms with Crippen molar-refractivity contribution in [2.24, 2.45) is 0 Å². The predicted molar refractivity (Wildman–Crippen MR) is 100 cm³/mol. The third-order valence-electron chi connectivity index (χ3n) is 5.39. The molecule has 1 aliphatic carbocycles. The summed E-state index contributed by atoms with van der Waals surface area (Å²) in [4.78, 5) is 28.1. The van der Waals surface area contributed by atoms with Crippen molar-refractivity contribution in [2.45, 2.75) is 51.5 Å². The smallest absolute Gasteiger partial charge is 0.317 e. The van der Waals surface area contributed by atoms with Crippen molar-refractivity contribution in [2.75, 3.05) is 31.1 Å². The van der Waals surface area contributed by atoms with Crippen LogP contribution >= 0.6 is 0 Å². The number of piperazine rings is 1. The van der Waals surface area contributed by atoms with Gasteiger partial charge in [0.25, 0.3) is 0 Å². The Labute approximate surface area is 150 Å². The molecule has 1 heterocycles. The maximum absolute atomic E-state index is 12.5. The van der Waals surface area contributed by atoms with Crippen LogP contribution in [0.15, 0.2) is 24.3 Å². The minimum Gasteiger partial charge on any atom is -0.368 e. The van der Waals surface area contributed by atoms with Gasteiger partial charge in [0, 0.05) is 43.5 Å². The zero-order chi connectivity index (χ0) is 17.6. The van der Waals surface area contributed by atoms with E-state index in [1.165, 1.54) is 25.7 Å². The molecule has 2 aliphatic rings. The molecular weight excluding hydrogens is 314 g/mol. The fourth-order valence-electron chi connectivity index (χ4n) is 3.76. The van der Waals surface area contributed by atoms with Gasteiger partial charge in [-0.25, -0.2) is 4.79 Å². The average molecular weight is 343 g/mol. The molecule has 1 N–H and O–H groups in total. The van der Waals surface area contributed by atoms with Crippen molar-refractivity contribution in [3.05, 3.63) is 29.8 Å². The second kappa shape index (κ2) is 8.37. The van der Waals surface area contributed by atoms with Crippen molar-refractivity contribution in [1.29, 1.82) is 0 Å². The molecule has 2 amide bonds. The van der Waals surface area contributed by atoms with Gasteiger partial charge in [-0.2, -0.15) is 0 Å². The van der Waals surface area contributed by atoms with Gasteiger partial charge in [0.05, 0.1) is 0 Å². The highest BCUT2D eigenvalue weighted by Gasteiger charge is 2.23. The zero-order valence-corrected chi connectivity index (χ0v) is 15.2. The Kier molecular flexibility index (Phi) is 5.95. The molecular formula is C20H29N3O2. The molecule has 3 rings (SSSR count). The number of nitrogens with zero attached hydrogens (tertiary/aromatic N) is 2. The van der Waals surface area contributed by atoms with Crippen molar-refractivity contribution in [3.63, 3.8) is 0 Å². The Morgan fingerprint density at radius 2 is 1.52 bits per heavy atom. The van der Waals surface area contributed by atoms with Crippen molar-refractivity contribution < 1.29 is 9.59 Å². The molecule has 25 heavy (non-hydrogen) atoms. The fraction of sp³-hybridized carbons (Fsp3) is 0.600. The molecule has 5 nitrogen and oxygen atoms in total. The van der Waals surface area contributed by atoms with Gasteiger partial charge in [0.15, 0.2) is 5.78 Å². The lowest BCUT2D eigenvalue weighted by atomic mass is 10.1. The van der Waals surface area contributed by atoms with Crippen molar-refractivity contribution in [1.82, 2.24) is 10.2 Å². The van der Waals surface area contributed by atoms with E-state index in [4.69, 9.17) is 0 Å². The quantitative estimate of drug-likeness (QED) is 0.676. The van der Waals surface area contributed by atoms with Gasteiger partial charge in [-0.1, -0.05) is 25.7 Å². The van der Waals surface area contributed by atoms with Gasteiger partial charge in [-0.15, -0.1) is 0 Å². The number of nitrogens with one attached hydrogen (secondary N) is 1. The number of benzene rings is 1. The summed E-state index contributed by atoms with van der Waals surface area (Å²) in [5.74, 6) is 0.0894. The Morgan fingerprint density at radius 1 is 0.920 bits per heavy atom. The zero-order valence-electron chi connectivity index (χ0n) is 15.2. The van der Waals surface area contributed by atoms with E-state index < -0.39 is 0 Å². The number of anilines is 1. The van der Waals surface area contributed by atoms with Crippen LogP contribution < -0.4 is 10.2 Å². The first kappa shape index (κ1) is 17.8. The first-order valence-corrected chi connectivity index (χ1v) is 9.55. The minimum absolute atomic E-state index is 0.0894. The maximum Gasteiger partial charge on any atom is 0.317 e. The van der Waals surface area contributed by atoms with Crippen LogP contribution in [0.1, 0.15) is 55.8 Å². The summed E-state index contributed by atoms with van der Waals surface area (Å²) in [5, 5.41) is 3.23. The molecule has 0 radical (unpaired) electrons. The van der Waals surface area contributed by atoms with Crippen molar-refractivity contribution >= 4 is 17.5 Å². The van der Waals surface area contributed by atoms with Gasteiger partial charge >= 0.3 is 6.03 Å². The first-order valence-electron chi connectivity index (χ1n) is 9.55. The van der Waals surface area contributed by atoms with Crippen LogP contribution in [0.25, 0.3) is 0 Å². The number of hydrogen-bond acceptors (Lipinski definition) is 3. The Hall–Kier alpha value is -2.04. The van der Waals surface area contributed by atoms with Gasteiger partial charge in [-0.05, 0) is 44.0 Å². The number of ketones is 1. The van der Waals surface area contributed by atoms with Gasteiger partial charge in [0.2, 0.25) is 0 Å². The Morgan fingerprint density at radius 3 is 2.08 bits per heavy atom. The molecule has 0 aromatic heterocycles. The van der Waals surface area contributed by atoms with E-state index in [9.17, 15) is 9.59 Å². The van der Waals surface area contributed by atoms with Crippen LogP contribution in [0, 0.1) is 0 Å². The molecule has 5 heteroatoms. The largest absolute Gasteiger partial charge is 0.368 e. The minimum atomic E-state index is 0.0894. The van der Waals surface area contributed by atoms with E-state index in [-0.39, 0.29) is 11.8 Å². The predicted octanol–water partition coefficient (Wildman–Crippen LogP) is 3.44. The first-order chi connectivity index (χ1) is 12.1. The SMILES string of the molecule is CC(=O)c1ccc(N2CCN(C(=O)NC3CCCCCC3)CC2)cc1.